The predicted molar refractivity (Wildman–Crippen MR) is 122 cm³/mol. The lowest BCUT2D eigenvalue weighted by Gasteiger charge is -2.31. The molecule has 0 saturated carbocycles. The molecule has 162 valence electrons. The number of carbonyl (C=O) groups excluding carboxylic acids is 2. The molecule has 0 saturated heterocycles. The molecule has 1 N–H and O–H groups in total. The summed E-state index contributed by atoms with van der Waals surface area (Å²) in [6, 6.07) is 15.9. The summed E-state index contributed by atoms with van der Waals surface area (Å²) in [5, 5.41) is 2.95. The average Bonchev–Trinajstić information content (AvgIpc) is 2.69. The molecule has 0 aliphatic carbocycles. The lowest BCUT2D eigenvalue weighted by atomic mass is 10.1. The number of nitrogens with one attached hydrogen (secondary N) is 1. The maximum absolute atomic E-state index is 13.8. The fourth-order valence-corrected chi connectivity index (χ4v) is 3.89. The molecule has 0 aliphatic heterocycles. The number of nitrogens with zero attached hydrogens (tertiary/aromatic N) is 1. The third kappa shape index (κ3) is 7.82. The van der Waals surface area contributed by atoms with E-state index >= 15 is 0 Å². The Balaban J connectivity index is 2.03. The van der Waals surface area contributed by atoms with Crippen molar-refractivity contribution >= 4 is 23.6 Å². The lowest BCUT2D eigenvalue weighted by molar-refractivity contribution is -0.138. The molecular weight excluding hydrogens is 399 g/mol. The van der Waals surface area contributed by atoms with Gasteiger partial charge in [-0.3, -0.25) is 9.59 Å². The molecule has 2 aromatic rings. The van der Waals surface area contributed by atoms with Gasteiger partial charge < -0.3 is 10.2 Å². The van der Waals surface area contributed by atoms with E-state index in [2.05, 4.69) is 5.32 Å². The van der Waals surface area contributed by atoms with Crippen LogP contribution in [-0.4, -0.2) is 40.6 Å². The minimum absolute atomic E-state index is 0.121. The van der Waals surface area contributed by atoms with Crippen LogP contribution in [0.15, 0.2) is 54.6 Å². The number of rotatable bonds is 9. The molecule has 2 aromatic carbocycles. The van der Waals surface area contributed by atoms with Gasteiger partial charge in [-0.05, 0) is 51.3 Å². The van der Waals surface area contributed by atoms with Crippen LogP contribution in [0.25, 0.3) is 0 Å². The molecule has 0 heterocycles. The van der Waals surface area contributed by atoms with Gasteiger partial charge in [-0.1, -0.05) is 48.5 Å². The molecule has 30 heavy (non-hydrogen) atoms. The minimum atomic E-state index is -0.588. The van der Waals surface area contributed by atoms with E-state index < -0.39 is 6.04 Å². The SMILES string of the molecule is C[C@H](C(=O)NC(C)(C)C)N(CCc1ccccc1)C(=O)CSCc1ccccc1F. The van der Waals surface area contributed by atoms with Crippen LogP contribution in [0.3, 0.4) is 0 Å². The zero-order chi connectivity index (χ0) is 22.1. The third-order valence-corrected chi connectivity index (χ3v) is 5.56. The molecule has 0 radical (unpaired) electrons. The molecule has 0 bridgehead atoms. The standard InChI is InChI=1S/C24H31FN2O2S/c1-18(23(29)26-24(2,3)4)27(15-14-19-10-6-5-7-11-19)22(28)17-30-16-20-12-8-9-13-21(20)25/h5-13,18H,14-17H2,1-4H3,(H,26,29)/t18-/m1/s1. The number of amides is 2. The van der Waals surface area contributed by atoms with Gasteiger partial charge in [0.15, 0.2) is 0 Å². The number of thioether (sulfide) groups is 1. The van der Waals surface area contributed by atoms with E-state index in [1.807, 2.05) is 51.1 Å². The van der Waals surface area contributed by atoms with Crippen LogP contribution in [0.5, 0.6) is 0 Å². The topological polar surface area (TPSA) is 49.4 Å². The maximum Gasteiger partial charge on any atom is 0.242 e. The van der Waals surface area contributed by atoms with Crippen LogP contribution in [0.2, 0.25) is 0 Å². The molecule has 0 aliphatic rings. The second-order valence-electron chi connectivity index (χ2n) is 8.32. The molecule has 0 unspecified atom stereocenters. The monoisotopic (exact) mass is 430 g/mol. The molecule has 0 aromatic heterocycles. The highest BCUT2D eigenvalue weighted by Crippen LogP contribution is 2.17. The Morgan fingerprint density at radius 2 is 1.70 bits per heavy atom. The first-order chi connectivity index (χ1) is 14.2. The van der Waals surface area contributed by atoms with Gasteiger partial charge in [0.05, 0.1) is 5.75 Å². The summed E-state index contributed by atoms with van der Waals surface area (Å²) in [6.07, 6.45) is 0.664. The highest BCUT2D eigenvalue weighted by atomic mass is 32.2. The van der Waals surface area contributed by atoms with Crippen molar-refractivity contribution in [2.45, 2.75) is 51.4 Å². The Kier molecular flexibility index (Phi) is 8.90. The molecule has 4 nitrogen and oxygen atoms in total. The second-order valence-corrected chi connectivity index (χ2v) is 9.31. The molecule has 1 atom stereocenters. The normalized spacial score (nSPS) is 12.3. The van der Waals surface area contributed by atoms with Crippen LogP contribution >= 0.6 is 11.8 Å². The highest BCUT2D eigenvalue weighted by Gasteiger charge is 2.27. The smallest absolute Gasteiger partial charge is 0.242 e. The van der Waals surface area contributed by atoms with Crippen molar-refractivity contribution in [3.8, 4) is 0 Å². The Hall–Kier alpha value is -2.34. The summed E-state index contributed by atoms with van der Waals surface area (Å²) < 4.78 is 13.8. The number of hydrogen-bond acceptors (Lipinski definition) is 3. The van der Waals surface area contributed by atoms with Crippen molar-refractivity contribution in [3.63, 3.8) is 0 Å². The number of benzene rings is 2. The highest BCUT2D eigenvalue weighted by molar-refractivity contribution is 7.99. The van der Waals surface area contributed by atoms with E-state index in [-0.39, 0.29) is 28.9 Å². The van der Waals surface area contributed by atoms with Crippen LogP contribution in [0.1, 0.15) is 38.8 Å². The summed E-state index contributed by atoms with van der Waals surface area (Å²) in [4.78, 5) is 27.3. The Labute approximate surface area is 183 Å². The van der Waals surface area contributed by atoms with Gasteiger partial charge in [0.1, 0.15) is 11.9 Å². The average molecular weight is 431 g/mol. The zero-order valence-electron chi connectivity index (χ0n) is 18.2. The van der Waals surface area contributed by atoms with Crippen LogP contribution < -0.4 is 5.32 Å². The van der Waals surface area contributed by atoms with Gasteiger partial charge >= 0.3 is 0 Å². The van der Waals surface area contributed by atoms with Crippen molar-refractivity contribution in [2.75, 3.05) is 12.3 Å². The van der Waals surface area contributed by atoms with Gasteiger partial charge in [-0.15, -0.1) is 11.8 Å². The Morgan fingerprint density at radius 1 is 1.07 bits per heavy atom. The van der Waals surface area contributed by atoms with Gasteiger partial charge in [-0.25, -0.2) is 4.39 Å². The summed E-state index contributed by atoms with van der Waals surface area (Å²) in [5.41, 5.74) is 1.31. The fourth-order valence-electron chi connectivity index (χ4n) is 2.99. The first kappa shape index (κ1) is 23.9. The van der Waals surface area contributed by atoms with E-state index in [1.165, 1.54) is 17.8 Å². The molecule has 2 amide bonds. The zero-order valence-corrected chi connectivity index (χ0v) is 19.0. The van der Waals surface area contributed by atoms with Gasteiger partial charge in [-0.2, -0.15) is 0 Å². The molecular formula is C24H31FN2O2S. The Morgan fingerprint density at radius 3 is 2.33 bits per heavy atom. The van der Waals surface area contributed by atoms with E-state index in [0.29, 0.717) is 24.3 Å². The first-order valence-electron chi connectivity index (χ1n) is 10.1. The van der Waals surface area contributed by atoms with E-state index in [4.69, 9.17) is 0 Å². The largest absolute Gasteiger partial charge is 0.350 e. The quantitative estimate of drug-likeness (QED) is 0.640. The molecule has 0 fully saturated rings. The van der Waals surface area contributed by atoms with Gasteiger partial charge in [0, 0.05) is 17.8 Å². The first-order valence-corrected chi connectivity index (χ1v) is 11.3. The third-order valence-electron chi connectivity index (χ3n) is 4.59. The van der Waals surface area contributed by atoms with E-state index in [1.54, 1.807) is 30.0 Å². The molecule has 0 spiro atoms. The van der Waals surface area contributed by atoms with E-state index in [9.17, 15) is 14.0 Å². The Bertz CT molecular complexity index is 837. The van der Waals surface area contributed by atoms with Crippen LogP contribution in [0.4, 0.5) is 4.39 Å². The minimum Gasteiger partial charge on any atom is -0.350 e. The summed E-state index contributed by atoms with van der Waals surface area (Å²) >= 11 is 1.36. The van der Waals surface area contributed by atoms with Gasteiger partial charge in [0.2, 0.25) is 11.8 Å². The fraction of sp³-hybridized carbons (Fsp3) is 0.417. The van der Waals surface area contributed by atoms with Crippen molar-refractivity contribution in [2.24, 2.45) is 0 Å². The van der Waals surface area contributed by atoms with Gasteiger partial charge in [0.25, 0.3) is 0 Å². The summed E-state index contributed by atoms with van der Waals surface area (Å²) in [6.45, 7) is 7.95. The van der Waals surface area contributed by atoms with Crippen molar-refractivity contribution in [1.29, 1.82) is 0 Å². The van der Waals surface area contributed by atoms with Crippen molar-refractivity contribution in [3.05, 3.63) is 71.5 Å². The van der Waals surface area contributed by atoms with Crippen LogP contribution in [-0.2, 0) is 21.8 Å². The van der Waals surface area contributed by atoms with Crippen molar-refractivity contribution in [1.82, 2.24) is 10.2 Å². The number of carbonyl (C=O) groups is 2. The lowest BCUT2D eigenvalue weighted by Crippen LogP contribution is -2.53. The van der Waals surface area contributed by atoms with Crippen molar-refractivity contribution < 1.29 is 14.0 Å². The molecule has 6 heteroatoms. The summed E-state index contributed by atoms with van der Waals surface area (Å²) in [7, 11) is 0. The van der Waals surface area contributed by atoms with E-state index in [0.717, 1.165) is 5.56 Å². The number of hydrogen-bond donors (Lipinski definition) is 1. The summed E-state index contributed by atoms with van der Waals surface area (Å²) in [5.74, 6) is 0.0344. The maximum atomic E-state index is 13.8. The number of halogens is 1. The predicted octanol–water partition coefficient (Wildman–Crippen LogP) is 4.43. The van der Waals surface area contributed by atoms with Crippen LogP contribution in [0, 0.1) is 5.82 Å². The molecule has 2 rings (SSSR count). The second kappa shape index (κ2) is 11.2.